The van der Waals surface area contributed by atoms with Crippen LogP contribution in [0.5, 0.6) is 0 Å². The molecule has 2 heterocycles. The standard InChI is InChI=1S/C15H21ClN2O2/c16-14-3-1-13(2-4-14)15(17-5-9-19-10-6-17)18-7-11-20-12-8-18/h1-4,15H,5-12H2. The van der Waals surface area contributed by atoms with Crippen LogP contribution >= 0.6 is 11.6 Å². The van der Waals surface area contributed by atoms with E-state index in [9.17, 15) is 0 Å². The molecule has 0 saturated carbocycles. The molecule has 110 valence electrons. The maximum Gasteiger partial charge on any atom is 0.0889 e. The second-order valence-electron chi connectivity index (χ2n) is 5.22. The van der Waals surface area contributed by atoms with E-state index in [0.29, 0.717) is 6.17 Å². The van der Waals surface area contributed by atoms with Gasteiger partial charge in [0.15, 0.2) is 0 Å². The van der Waals surface area contributed by atoms with Crippen molar-refractivity contribution >= 4 is 11.6 Å². The lowest BCUT2D eigenvalue weighted by molar-refractivity contribution is -0.0676. The highest BCUT2D eigenvalue weighted by Crippen LogP contribution is 2.27. The third-order valence-electron chi connectivity index (χ3n) is 3.95. The van der Waals surface area contributed by atoms with Gasteiger partial charge in [0.2, 0.25) is 0 Å². The molecular weight excluding hydrogens is 276 g/mol. The van der Waals surface area contributed by atoms with E-state index in [1.165, 1.54) is 5.56 Å². The molecule has 3 rings (SSSR count). The van der Waals surface area contributed by atoms with Crippen LogP contribution in [0.4, 0.5) is 0 Å². The molecule has 0 N–H and O–H groups in total. The fraction of sp³-hybridized carbons (Fsp3) is 0.600. The van der Waals surface area contributed by atoms with Crippen LogP contribution in [-0.4, -0.2) is 62.4 Å². The van der Waals surface area contributed by atoms with Gasteiger partial charge >= 0.3 is 0 Å². The van der Waals surface area contributed by atoms with Crippen molar-refractivity contribution in [1.82, 2.24) is 9.80 Å². The van der Waals surface area contributed by atoms with Gasteiger partial charge in [-0.15, -0.1) is 0 Å². The fourth-order valence-electron chi connectivity index (χ4n) is 2.93. The summed E-state index contributed by atoms with van der Waals surface area (Å²) in [4.78, 5) is 5.00. The topological polar surface area (TPSA) is 24.9 Å². The van der Waals surface area contributed by atoms with Gasteiger partial charge < -0.3 is 9.47 Å². The molecule has 0 radical (unpaired) electrons. The van der Waals surface area contributed by atoms with E-state index < -0.39 is 0 Å². The van der Waals surface area contributed by atoms with Crippen molar-refractivity contribution in [2.75, 3.05) is 52.6 Å². The van der Waals surface area contributed by atoms with E-state index in [1.54, 1.807) is 0 Å². The molecule has 0 bridgehead atoms. The molecule has 0 unspecified atom stereocenters. The smallest absolute Gasteiger partial charge is 0.0889 e. The second kappa shape index (κ2) is 6.87. The Bertz CT molecular complexity index is 396. The summed E-state index contributed by atoms with van der Waals surface area (Å²) in [5.41, 5.74) is 1.30. The summed E-state index contributed by atoms with van der Waals surface area (Å²) in [6, 6.07) is 8.23. The Hall–Kier alpha value is -0.650. The molecule has 5 heteroatoms. The number of rotatable bonds is 3. The van der Waals surface area contributed by atoms with Gasteiger partial charge in [-0.2, -0.15) is 0 Å². The van der Waals surface area contributed by atoms with Gasteiger partial charge in [0.1, 0.15) is 0 Å². The average Bonchev–Trinajstić information content (AvgIpc) is 2.52. The maximum absolute atomic E-state index is 6.02. The lowest BCUT2D eigenvalue weighted by atomic mass is 10.1. The molecule has 0 atom stereocenters. The molecule has 1 aromatic rings. The molecule has 2 saturated heterocycles. The minimum Gasteiger partial charge on any atom is -0.379 e. The quantitative estimate of drug-likeness (QED) is 0.852. The van der Waals surface area contributed by atoms with E-state index in [4.69, 9.17) is 21.1 Å². The van der Waals surface area contributed by atoms with E-state index in [1.807, 2.05) is 12.1 Å². The largest absolute Gasteiger partial charge is 0.379 e. The number of benzene rings is 1. The van der Waals surface area contributed by atoms with Gasteiger partial charge in [0, 0.05) is 31.2 Å². The monoisotopic (exact) mass is 296 g/mol. The minimum absolute atomic E-state index is 0.306. The van der Waals surface area contributed by atoms with Crippen LogP contribution in [0.3, 0.4) is 0 Å². The first-order valence-corrected chi connectivity index (χ1v) is 7.61. The number of hydrogen-bond acceptors (Lipinski definition) is 4. The Morgan fingerprint density at radius 2 is 1.25 bits per heavy atom. The molecular formula is C15H21ClN2O2. The van der Waals surface area contributed by atoms with Crippen LogP contribution in [0.15, 0.2) is 24.3 Å². The van der Waals surface area contributed by atoms with Gasteiger partial charge in [-0.25, -0.2) is 0 Å². The number of ether oxygens (including phenoxy) is 2. The molecule has 0 aromatic heterocycles. The normalized spacial score (nSPS) is 22.3. The van der Waals surface area contributed by atoms with Gasteiger partial charge in [0.25, 0.3) is 0 Å². The summed E-state index contributed by atoms with van der Waals surface area (Å²) in [6.45, 7) is 7.16. The molecule has 0 amide bonds. The molecule has 2 aliphatic rings. The van der Waals surface area contributed by atoms with E-state index in [-0.39, 0.29) is 0 Å². The van der Waals surface area contributed by atoms with Crippen molar-refractivity contribution in [3.05, 3.63) is 34.9 Å². The zero-order chi connectivity index (χ0) is 13.8. The first-order chi connectivity index (χ1) is 9.84. The van der Waals surface area contributed by atoms with Gasteiger partial charge in [-0.1, -0.05) is 23.7 Å². The van der Waals surface area contributed by atoms with Crippen molar-refractivity contribution in [3.63, 3.8) is 0 Å². The molecule has 20 heavy (non-hydrogen) atoms. The number of nitrogens with zero attached hydrogens (tertiary/aromatic N) is 2. The lowest BCUT2D eigenvalue weighted by Gasteiger charge is -2.43. The molecule has 4 nitrogen and oxygen atoms in total. The van der Waals surface area contributed by atoms with E-state index >= 15 is 0 Å². The third-order valence-corrected chi connectivity index (χ3v) is 4.20. The van der Waals surface area contributed by atoms with Crippen molar-refractivity contribution < 1.29 is 9.47 Å². The van der Waals surface area contributed by atoms with Crippen LogP contribution in [0.25, 0.3) is 0 Å². The van der Waals surface area contributed by atoms with Crippen LogP contribution in [0, 0.1) is 0 Å². The van der Waals surface area contributed by atoms with Crippen molar-refractivity contribution in [2.24, 2.45) is 0 Å². The highest BCUT2D eigenvalue weighted by molar-refractivity contribution is 6.30. The molecule has 0 aliphatic carbocycles. The van der Waals surface area contributed by atoms with E-state index in [0.717, 1.165) is 57.6 Å². The lowest BCUT2D eigenvalue weighted by Crippen LogP contribution is -2.50. The van der Waals surface area contributed by atoms with Crippen LogP contribution in [0.1, 0.15) is 11.7 Å². The van der Waals surface area contributed by atoms with Gasteiger partial charge in [-0.3, -0.25) is 9.80 Å². The van der Waals surface area contributed by atoms with Gasteiger partial charge in [-0.05, 0) is 17.7 Å². The second-order valence-corrected chi connectivity index (χ2v) is 5.66. The molecule has 2 aliphatic heterocycles. The van der Waals surface area contributed by atoms with E-state index in [2.05, 4.69) is 21.9 Å². The highest BCUT2D eigenvalue weighted by Gasteiger charge is 2.29. The summed E-state index contributed by atoms with van der Waals surface area (Å²) in [5, 5.41) is 0.788. The zero-order valence-electron chi connectivity index (χ0n) is 11.6. The molecule has 1 aromatic carbocycles. The molecule has 0 spiro atoms. The summed E-state index contributed by atoms with van der Waals surface area (Å²) >= 11 is 6.02. The summed E-state index contributed by atoms with van der Waals surface area (Å²) in [5.74, 6) is 0. The summed E-state index contributed by atoms with van der Waals surface area (Å²) < 4.78 is 11.0. The van der Waals surface area contributed by atoms with Crippen LogP contribution in [-0.2, 0) is 9.47 Å². The van der Waals surface area contributed by atoms with Gasteiger partial charge in [0.05, 0.1) is 32.6 Å². The average molecular weight is 297 g/mol. The molecule has 2 fully saturated rings. The van der Waals surface area contributed by atoms with Crippen molar-refractivity contribution in [3.8, 4) is 0 Å². The third kappa shape index (κ3) is 3.32. The Balaban J connectivity index is 1.83. The summed E-state index contributed by atoms with van der Waals surface area (Å²) in [6.07, 6.45) is 0.306. The van der Waals surface area contributed by atoms with Crippen LogP contribution < -0.4 is 0 Å². The number of morpholine rings is 2. The summed E-state index contributed by atoms with van der Waals surface area (Å²) in [7, 11) is 0. The fourth-order valence-corrected chi connectivity index (χ4v) is 3.06. The predicted molar refractivity (Wildman–Crippen MR) is 79.0 cm³/mol. The highest BCUT2D eigenvalue weighted by atomic mass is 35.5. The Kier molecular flexibility index (Phi) is 4.91. The predicted octanol–water partition coefficient (Wildman–Crippen LogP) is 2.00. The van der Waals surface area contributed by atoms with Crippen molar-refractivity contribution in [2.45, 2.75) is 6.17 Å². The SMILES string of the molecule is Clc1ccc(C(N2CCOCC2)N2CCOCC2)cc1. The Morgan fingerprint density at radius 1 is 0.800 bits per heavy atom. The minimum atomic E-state index is 0.306. The van der Waals surface area contributed by atoms with Crippen molar-refractivity contribution in [1.29, 1.82) is 0 Å². The maximum atomic E-state index is 6.02. The Labute approximate surface area is 125 Å². The van der Waals surface area contributed by atoms with Crippen LogP contribution in [0.2, 0.25) is 5.02 Å². The Morgan fingerprint density at radius 3 is 1.70 bits per heavy atom. The number of halogens is 1. The first kappa shape index (κ1) is 14.3. The zero-order valence-corrected chi connectivity index (χ0v) is 12.4. The first-order valence-electron chi connectivity index (χ1n) is 7.24. The number of hydrogen-bond donors (Lipinski definition) is 0.